The second-order valence-corrected chi connectivity index (χ2v) is 6.79. The Morgan fingerprint density at radius 2 is 1.30 bits per heavy atom. The third-order valence-corrected chi connectivity index (χ3v) is 4.47. The van der Waals surface area contributed by atoms with Crippen molar-refractivity contribution >= 4 is 50.7 Å². The average Bonchev–Trinajstić information content (AvgIpc) is 3.33. The predicted octanol–water partition coefficient (Wildman–Crippen LogP) is 4.32. The van der Waals surface area contributed by atoms with Gasteiger partial charge in [0, 0.05) is 20.9 Å². The van der Waals surface area contributed by atoms with E-state index in [0.29, 0.717) is 17.1 Å². The molecule has 2 aromatic carbocycles. The first-order valence-corrected chi connectivity index (χ1v) is 8.33. The molecule has 1 saturated carbocycles. The lowest BCUT2D eigenvalue weighted by Crippen LogP contribution is -2.20. The zero-order valence-electron chi connectivity index (χ0n) is 12.1. The summed E-state index contributed by atoms with van der Waals surface area (Å²) < 4.78 is 0.946. The maximum absolute atomic E-state index is 12.2. The van der Waals surface area contributed by atoms with Gasteiger partial charge < -0.3 is 10.6 Å². The van der Waals surface area contributed by atoms with Crippen LogP contribution in [-0.4, -0.2) is 11.8 Å². The molecule has 0 heterocycles. The van der Waals surface area contributed by atoms with Crippen molar-refractivity contribution < 1.29 is 9.59 Å². The number of amides is 2. The molecule has 2 atom stereocenters. The van der Waals surface area contributed by atoms with Crippen LogP contribution in [0.3, 0.4) is 0 Å². The Hall–Kier alpha value is -1.85. The molecule has 1 fully saturated rings. The molecule has 3 rings (SSSR count). The van der Waals surface area contributed by atoms with Crippen molar-refractivity contribution in [2.45, 2.75) is 6.42 Å². The topological polar surface area (TPSA) is 58.2 Å². The van der Waals surface area contributed by atoms with Crippen molar-refractivity contribution in [3.63, 3.8) is 0 Å². The number of nitrogens with one attached hydrogen (secondary N) is 2. The number of hydrogen-bond acceptors (Lipinski definition) is 2. The van der Waals surface area contributed by atoms with Crippen LogP contribution in [0.15, 0.2) is 53.0 Å². The molecule has 6 heteroatoms. The zero-order valence-corrected chi connectivity index (χ0v) is 14.4. The third kappa shape index (κ3) is 4.12. The number of halogens is 2. The first kappa shape index (κ1) is 16.0. The van der Waals surface area contributed by atoms with E-state index in [4.69, 9.17) is 11.6 Å². The van der Waals surface area contributed by atoms with E-state index < -0.39 is 0 Å². The number of rotatable bonds is 4. The highest BCUT2D eigenvalue weighted by atomic mass is 79.9. The van der Waals surface area contributed by atoms with Gasteiger partial charge in [-0.05, 0) is 55.0 Å². The normalized spacial score (nSPS) is 19.0. The molecule has 1 aliphatic carbocycles. The van der Waals surface area contributed by atoms with Crippen molar-refractivity contribution in [3.05, 3.63) is 58.0 Å². The molecule has 23 heavy (non-hydrogen) atoms. The minimum atomic E-state index is -0.277. The monoisotopic (exact) mass is 392 g/mol. The lowest BCUT2D eigenvalue weighted by atomic mass is 10.2. The molecule has 4 nitrogen and oxygen atoms in total. The van der Waals surface area contributed by atoms with Crippen molar-refractivity contribution in [1.82, 2.24) is 0 Å². The van der Waals surface area contributed by atoms with Gasteiger partial charge in [0.15, 0.2) is 0 Å². The molecule has 0 aromatic heterocycles. The lowest BCUT2D eigenvalue weighted by molar-refractivity contribution is -0.122. The second-order valence-electron chi connectivity index (χ2n) is 5.44. The zero-order chi connectivity index (χ0) is 16.4. The van der Waals surface area contributed by atoms with E-state index in [1.807, 2.05) is 24.3 Å². The van der Waals surface area contributed by atoms with Gasteiger partial charge in [-0.2, -0.15) is 0 Å². The Kier molecular flexibility index (Phi) is 4.68. The van der Waals surface area contributed by atoms with Crippen LogP contribution in [-0.2, 0) is 9.59 Å². The van der Waals surface area contributed by atoms with Gasteiger partial charge in [-0.15, -0.1) is 0 Å². The van der Waals surface area contributed by atoms with Crippen molar-refractivity contribution in [2.75, 3.05) is 10.6 Å². The maximum Gasteiger partial charge on any atom is 0.228 e. The van der Waals surface area contributed by atoms with Gasteiger partial charge in [0.1, 0.15) is 0 Å². The van der Waals surface area contributed by atoms with Crippen LogP contribution in [0.1, 0.15) is 6.42 Å². The van der Waals surface area contributed by atoms with Gasteiger partial charge in [0.05, 0.1) is 11.8 Å². The van der Waals surface area contributed by atoms with Crippen LogP contribution in [0.4, 0.5) is 11.4 Å². The van der Waals surface area contributed by atoms with E-state index in [2.05, 4.69) is 26.6 Å². The van der Waals surface area contributed by atoms with E-state index in [9.17, 15) is 9.59 Å². The number of carbonyl (C=O) groups excluding carboxylic acids is 2. The quantitative estimate of drug-likeness (QED) is 0.813. The summed E-state index contributed by atoms with van der Waals surface area (Å²) in [5.41, 5.74) is 1.40. The first-order chi connectivity index (χ1) is 11.0. The Balaban J connectivity index is 1.53. The first-order valence-electron chi connectivity index (χ1n) is 7.16. The smallest absolute Gasteiger partial charge is 0.228 e. The van der Waals surface area contributed by atoms with Gasteiger partial charge in [-0.1, -0.05) is 27.5 Å². The van der Waals surface area contributed by atoms with Gasteiger partial charge in [-0.25, -0.2) is 0 Å². The summed E-state index contributed by atoms with van der Waals surface area (Å²) in [6.45, 7) is 0. The van der Waals surface area contributed by atoms with Crippen LogP contribution in [0.25, 0.3) is 0 Å². The van der Waals surface area contributed by atoms with Crippen LogP contribution in [0, 0.1) is 11.8 Å². The standard InChI is InChI=1S/C17H14BrClN2O2/c18-10-1-5-12(6-2-10)20-16(22)14-9-15(14)17(23)21-13-7-3-11(19)4-8-13/h1-8,14-15H,9H2,(H,20,22)(H,21,23). The Morgan fingerprint density at radius 1 is 0.870 bits per heavy atom. The maximum atomic E-state index is 12.2. The summed E-state index contributed by atoms with van der Waals surface area (Å²) in [4.78, 5) is 24.3. The minimum absolute atomic E-state index is 0.122. The fourth-order valence-corrected chi connectivity index (χ4v) is 2.70. The average molecular weight is 394 g/mol. The second kappa shape index (κ2) is 6.72. The number of benzene rings is 2. The van der Waals surface area contributed by atoms with Crippen molar-refractivity contribution in [1.29, 1.82) is 0 Å². The summed E-state index contributed by atoms with van der Waals surface area (Å²) in [6.07, 6.45) is 0.571. The Bertz CT molecular complexity index is 668. The third-order valence-electron chi connectivity index (χ3n) is 3.69. The highest BCUT2D eigenvalue weighted by Crippen LogP contribution is 2.40. The highest BCUT2D eigenvalue weighted by molar-refractivity contribution is 9.10. The molecule has 2 amide bonds. The number of carbonyl (C=O) groups is 2. The molecule has 0 aliphatic heterocycles. The molecule has 0 saturated heterocycles. The Morgan fingerprint density at radius 3 is 1.78 bits per heavy atom. The predicted molar refractivity (Wildman–Crippen MR) is 94.5 cm³/mol. The molecule has 0 spiro atoms. The summed E-state index contributed by atoms with van der Waals surface area (Å²) in [7, 11) is 0. The summed E-state index contributed by atoms with van der Waals surface area (Å²) in [5, 5.41) is 6.25. The number of hydrogen-bond donors (Lipinski definition) is 2. The van der Waals surface area contributed by atoms with Crippen LogP contribution in [0.2, 0.25) is 5.02 Å². The summed E-state index contributed by atoms with van der Waals surface area (Å²) >= 11 is 9.15. The molecule has 0 bridgehead atoms. The van der Waals surface area contributed by atoms with Crippen molar-refractivity contribution in [2.24, 2.45) is 11.8 Å². The molecule has 2 aromatic rings. The molecule has 1 aliphatic rings. The molecular formula is C17H14BrClN2O2. The van der Waals surface area contributed by atoms with Crippen LogP contribution < -0.4 is 10.6 Å². The largest absolute Gasteiger partial charge is 0.326 e. The fourth-order valence-electron chi connectivity index (χ4n) is 2.31. The van der Waals surface area contributed by atoms with Gasteiger partial charge in [-0.3, -0.25) is 9.59 Å². The van der Waals surface area contributed by atoms with E-state index in [1.165, 1.54) is 0 Å². The highest BCUT2D eigenvalue weighted by Gasteiger charge is 2.48. The Labute approximate surface area is 147 Å². The molecule has 2 unspecified atom stereocenters. The summed E-state index contributed by atoms with van der Waals surface area (Å²) in [6, 6.07) is 14.2. The van der Waals surface area contributed by atoms with E-state index in [1.54, 1.807) is 24.3 Å². The van der Waals surface area contributed by atoms with Gasteiger partial charge in [0.2, 0.25) is 11.8 Å². The molecule has 2 N–H and O–H groups in total. The minimum Gasteiger partial charge on any atom is -0.326 e. The van der Waals surface area contributed by atoms with E-state index in [0.717, 1.165) is 10.2 Å². The van der Waals surface area contributed by atoms with Crippen molar-refractivity contribution in [3.8, 4) is 0 Å². The SMILES string of the molecule is O=C(Nc1ccc(Cl)cc1)C1CC1C(=O)Nc1ccc(Br)cc1. The van der Waals surface area contributed by atoms with Crippen LogP contribution >= 0.6 is 27.5 Å². The van der Waals surface area contributed by atoms with Crippen LogP contribution in [0.5, 0.6) is 0 Å². The molecular weight excluding hydrogens is 380 g/mol. The fraction of sp³-hybridized carbons (Fsp3) is 0.176. The summed E-state index contributed by atoms with van der Waals surface area (Å²) in [5.74, 6) is -0.807. The molecule has 118 valence electrons. The molecule has 0 radical (unpaired) electrons. The van der Waals surface area contributed by atoms with Gasteiger partial charge in [0.25, 0.3) is 0 Å². The van der Waals surface area contributed by atoms with E-state index >= 15 is 0 Å². The number of anilines is 2. The van der Waals surface area contributed by atoms with Gasteiger partial charge >= 0.3 is 0 Å². The lowest BCUT2D eigenvalue weighted by Gasteiger charge is -2.06. The van der Waals surface area contributed by atoms with E-state index in [-0.39, 0.29) is 23.7 Å².